The highest BCUT2D eigenvalue weighted by Gasteiger charge is 2.37. The van der Waals surface area contributed by atoms with E-state index in [2.05, 4.69) is 0 Å². The van der Waals surface area contributed by atoms with Gasteiger partial charge in [0.25, 0.3) is 0 Å². The number of carbonyl (C=O) groups excluding carboxylic acids is 1. The molecule has 2 aromatic rings. The topological polar surface area (TPSA) is 51.2 Å². The number of carbonyl (C=O) groups is 1. The Labute approximate surface area is 112 Å². The fraction of sp³-hybridized carbons (Fsp3) is 0.267. The first-order chi connectivity index (χ1) is 9.09. The minimum absolute atomic E-state index is 0.145. The summed E-state index contributed by atoms with van der Waals surface area (Å²) in [5.74, 6) is -0.145. The van der Waals surface area contributed by atoms with Crippen LogP contribution < -0.4 is 0 Å². The van der Waals surface area contributed by atoms with Gasteiger partial charge in [-0.2, -0.15) is 0 Å². The van der Waals surface area contributed by atoms with Gasteiger partial charge in [0.2, 0.25) is 0 Å². The standard InChI is InChI=1S/C15H14O3S/c16-14-6-3-7-15(14)19(17,18)13-9-8-11-4-1-2-5-12(11)10-13/h1-2,4-5,8-10,15H,3,6-7H2. The quantitative estimate of drug-likeness (QED) is 0.846. The second-order valence-electron chi connectivity index (χ2n) is 4.90. The van der Waals surface area contributed by atoms with Gasteiger partial charge in [-0.15, -0.1) is 0 Å². The molecule has 1 unspecified atom stereocenters. The molecule has 0 bridgehead atoms. The lowest BCUT2D eigenvalue weighted by molar-refractivity contribution is -0.117. The number of benzene rings is 2. The van der Waals surface area contributed by atoms with E-state index in [1.54, 1.807) is 18.2 Å². The number of Topliss-reactive ketones (excluding diaryl/α,β-unsaturated/α-hetero) is 1. The lowest BCUT2D eigenvalue weighted by Gasteiger charge is -2.10. The Kier molecular flexibility index (Phi) is 2.90. The van der Waals surface area contributed by atoms with Crippen molar-refractivity contribution in [2.75, 3.05) is 0 Å². The molecule has 0 aromatic heterocycles. The molecule has 0 radical (unpaired) electrons. The van der Waals surface area contributed by atoms with Gasteiger partial charge >= 0.3 is 0 Å². The van der Waals surface area contributed by atoms with Crippen molar-refractivity contribution in [3.63, 3.8) is 0 Å². The molecule has 1 fully saturated rings. The van der Waals surface area contributed by atoms with Crippen molar-refractivity contribution in [2.45, 2.75) is 29.4 Å². The number of hydrogen-bond donors (Lipinski definition) is 0. The van der Waals surface area contributed by atoms with Gasteiger partial charge < -0.3 is 0 Å². The molecule has 0 saturated heterocycles. The van der Waals surface area contributed by atoms with Crippen LogP contribution in [0.25, 0.3) is 10.8 Å². The van der Waals surface area contributed by atoms with Gasteiger partial charge in [0.05, 0.1) is 4.90 Å². The van der Waals surface area contributed by atoms with E-state index in [0.29, 0.717) is 19.3 Å². The molecule has 19 heavy (non-hydrogen) atoms. The van der Waals surface area contributed by atoms with E-state index in [0.717, 1.165) is 10.8 Å². The normalized spacial score (nSPS) is 20.0. The fourth-order valence-corrected chi connectivity index (χ4v) is 4.44. The van der Waals surface area contributed by atoms with Crippen LogP contribution in [0.5, 0.6) is 0 Å². The van der Waals surface area contributed by atoms with E-state index < -0.39 is 15.1 Å². The Bertz CT molecular complexity index is 747. The molecule has 1 atom stereocenters. The van der Waals surface area contributed by atoms with Crippen molar-refractivity contribution < 1.29 is 13.2 Å². The highest BCUT2D eigenvalue weighted by atomic mass is 32.2. The van der Waals surface area contributed by atoms with E-state index in [1.165, 1.54) is 0 Å². The highest BCUT2D eigenvalue weighted by molar-refractivity contribution is 7.92. The third-order valence-electron chi connectivity index (χ3n) is 3.67. The largest absolute Gasteiger partial charge is 0.298 e. The number of rotatable bonds is 2. The van der Waals surface area contributed by atoms with Crippen LogP contribution in [0, 0.1) is 0 Å². The lowest BCUT2D eigenvalue weighted by atomic mass is 10.1. The second kappa shape index (κ2) is 4.46. The zero-order valence-corrected chi connectivity index (χ0v) is 11.2. The Balaban J connectivity index is 2.10. The van der Waals surface area contributed by atoms with Gasteiger partial charge in [-0.05, 0) is 35.7 Å². The third-order valence-corrected chi connectivity index (χ3v) is 5.83. The average molecular weight is 274 g/mol. The molecule has 1 aliphatic rings. The zero-order chi connectivity index (χ0) is 13.5. The molecule has 0 N–H and O–H groups in total. The van der Waals surface area contributed by atoms with Crippen LogP contribution in [0.2, 0.25) is 0 Å². The van der Waals surface area contributed by atoms with Crippen LogP contribution in [-0.4, -0.2) is 19.5 Å². The first kappa shape index (κ1) is 12.4. The van der Waals surface area contributed by atoms with Crippen molar-refractivity contribution in [3.8, 4) is 0 Å². The molecule has 3 nitrogen and oxygen atoms in total. The lowest BCUT2D eigenvalue weighted by Crippen LogP contribution is -2.25. The van der Waals surface area contributed by atoms with Gasteiger partial charge in [0.15, 0.2) is 15.6 Å². The van der Waals surface area contributed by atoms with Crippen LogP contribution in [-0.2, 0) is 14.6 Å². The van der Waals surface area contributed by atoms with Crippen LogP contribution >= 0.6 is 0 Å². The number of ketones is 1. The molecule has 98 valence electrons. The van der Waals surface area contributed by atoms with Crippen molar-refractivity contribution in [1.29, 1.82) is 0 Å². The van der Waals surface area contributed by atoms with Crippen molar-refractivity contribution >= 4 is 26.4 Å². The minimum Gasteiger partial charge on any atom is -0.298 e. The smallest absolute Gasteiger partial charge is 0.188 e. The zero-order valence-electron chi connectivity index (χ0n) is 10.4. The molecule has 0 amide bonds. The van der Waals surface area contributed by atoms with E-state index in [4.69, 9.17) is 0 Å². The maximum atomic E-state index is 12.5. The molecule has 3 rings (SSSR count). The number of sulfone groups is 1. The summed E-state index contributed by atoms with van der Waals surface area (Å²) in [5.41, 5.74) is 0. The summed E-state index contributed by atoms with van der Waals surface area (Å²) in [6.07, 6.45) is 1.52. The van der Waals surface area contributed by atoms with Gasteiger partial charge in [0, 0.05) is 6.42 Å². The SMILES string of the molecule is O=C1CCCC1S(=O)(=O)c1ccc2ccccc2c1. The number of fused-ring (bicyclic) bond motifs is 1. The predicted octanol–water partition coefficient (Wildman–Crippen LogP) is 2.74. The van der Waals surface area contributed by atoms with Crippen molar-refractivity contribution in [3.05, 3.63) is 42.5 Å². The monoisotopic (exact) mass is 274 g/mol. The molecule has 1 aliphatic carbocycles. The van der Waals surface area contributed by atoms with Crippen LogP contribution in [0.15, 0.2) is 47.4 Å². The Morgan fingerprint density at radius 3 is 2.42 bits per heavy atom. The predicted molar refractivity (Wildman–Crippen MR) is 73.8 cm³/mol. The minimum atomic E-state index is -3.53. The number of hydrogen-bond acceptors (Lipinski definition) is 3. The average Bonchev–Trinajstić information content (AvgIpc) is 2.85. The molecular weight excluding hydrogens is 260 g/mol. The maximum absolute atomic E-state index is 12.5. The van der Waals surface area contributed by atoms with Crippen molar-refractivity contribution in [1.82, 2.24) is 0 Å². The Hall–Kier alpha value is -1.68. The Morgan fingerprint density at radius 2 is 1.74 bits per heavy atom. The van der Waals surface area contributed by atoms with Gasteiger partial charge in [0.1, 0.15) is 5.25 Å². The summed E-state index contributed by atoms with van der Waals surface area (Å²) in [5, 5.41) is 1.04. The molecule has 0 heterocycles. The highest BCUT2D eigenvalue weighted by Crippen LogP contribution is 2.28. The molecule has 4 heteroatoms. The molecular formula is C15H14O3S. The second-order valence-corrected chi connectivity index (χ2v) is 7.03. The summed E-state index contributed by atoms with van der Waals surface area (Å²) < 4.78 is 24.9. The molecule has 2 aromatic carbocycles. The summed E-state index contributed by atoms with van der Waals surface area (Å²) in [4.78, 5) is 11.9. The van der Waals surface area contributed by atoms with E-state index in [1.807, 2.05) is 24.3 Å². The van der Waals surface area contributed by atoms with Crippen LogP contribution in [0.4, 0.5) is 0 Å². The molecule has 0 aliphatic heterocycles. The fourth-order valence-electron chi connectivity index (χ4n) is 2.62. The maximum Gasteiger partial charge on any atom is 0.188 e. The molecule has 1 saturated carbocycles. The van der Waals surface area contributed by atoms with Gasteiger partial charge in [-0.3, -0.25) is 4.79 Å². The van der Waals surface area contributed by atoms with Crippen LogP contribution in [0.3, 0.4) is 0 Å². The Morgan fingerprint density at radius 1 is 1.00 bits per heavy atom. The van der Waals surface area contributed by atoms with Crippen LogP contribution in [0.1, 0.15) is 19.3 Å². The first-order valence-electron chi connectivity index (χ1n) is 6.34. The third kappa shape index (κ3) is 2.06. The van der Waals surface area contributed by atoms with E-state index >= 15 is 0 Å². The van der Waals surface area contributed by atoms with Crippen molar-refractivity contribution in [2.24, 2.45) is 0 Å². The van der Waals surface area contributed by atoms with E-state index in [-0.39, 0.29) is 10.7 Å². The summed E-state index contributed by atoms with van der Waals surface area (Å²) in [6.45, 7) is 0. The van der Waals surface area contributed by atoms with E-state index in [9.17, 15) is 13.2 Å². The summed E-state index contributed by atoms with van der Waals surface area (Å²) in [7, 11) is -3.53. The summed E-state index contributed by atoms with van der Waals surface area (Å²) in [6, 6.07) is 12.7. The first-order valence-corrected chi connectivity index (χ1v) is 7.89. The van der Waals surface area contributed by atoms with Gasteiger partial charge in [-0.1, -0.05) is 30.3 Å². The summed E-state index contributed by atoms with van der Waals surface area (Å²) >= 11 is 0. The van der Waals surface area contributed by atoms with Gasteiger partial charge in [-0.25, -0.2) is 8.42 Å². The molecule has 0 spiro atoms.